The molecule has 0 radical (unpaired) electrons. The zero-order valence-electron chi connectivity index (χ0n) is 10.4. The van der Waals surface area contributed by atoms with Crippen LogP contribution in [0.15, 0.2) is 24.3 Å². The Labute approximate surface area is 113 Å². The molecular weight excluding hydrogens is 255 g/mol. The van der Waals surface area contributed by atoms with E-state index in [2.05, 4.69) is 5.32 Å². The molecular formula is C13H18ClFN2O. The lowest BCUT2D eigenvalue weighted by Gasteiger charge is -2.31. The van der Waals surface area contributed by atoms with Crippen LogP contribution in [-0.4, -0.2) is 37.0 Å². The minimum atomic E-state index is -0.451. The van der Waals surface area contributed by atoms with Crippen LogP contribution in [-0.2, 0) is 0 Å². The van der Waals surface area contributed by atoms with Gasteiger partial charge in [-0.2, -0.15) is 0 Å². The molecule has 1 heterocycles. The first kappa shape index (κ1) is 14.9. The van der Waals surface area contributed by atoms with Crippen LogP contribution in [0.5, 0.6) is 0 Å². The molecule has 1 saturated heterocycles. The summed E-state index contributed by atoms with van der Waals surface area (Å²) >= 11 is 0. The van der Waals surface area contributed by atoms with Gasteiger partial charge in [-0.05, 0) is 31.5 Å². The summed E-state index contributed by atoms with van der Waals surface area (Å²) in [6.45, 7) is 1.79. The van der Waals surface area contributed by atoms with Crippen LogP contribution >= 0.6 is 12.4 Å². The fraction of sp³-hybridized carbons (Fsp3) is 0.462. The highest BCUT2D eigenvalue weighted by Gasteiger charge is 2.24. The Balaban J connectivity index is 0.00000162. The van der Waals surface area contributed by atoms with E-state index >= 15 is 0 Å². The van der Waals surface area contributed by atoms with E-state index in [1.807, 2.05) is 0 Å². The van der Waals surface area contributed by atoms with Crippen molar-refractivity contribution in [2.75, 3.05) is 20.1 Å². The number of nitrogens with zero attached hydrogens (tertiary/aromatic N) is 1. The lowest BCUT2D eigenvalue weighted by Crippen LogP contribution is -2.46. The molecule has 1 N–H and O–H groups in total. The van der Waals surface area contributed by atoms with Crippen molar-refractivity contribution in [3.8, 4) is 0 Å². The Morgan fingerprint density at radius 2 is 2.17 bits per heavy atom. The van der Waals surface area contributed by atoms with Gasteiger partial charge in [-0.25, -0.2) is 4.39 Å². The normalized spacial score (nSPS) is 18.9. The number of hydrogen-bond donors (Lipinski definition) is 1. The van der Waals surface area contributed by atoms with E-state index in [0.717, 1.165) is 25.9 Å². The lowest BCUT2D eigenvalue weighted by atomic mass is 10.1. The highest BCUT2D eigenvalue weighted by molar-refractivity contribution is 5.94. The number of rotatable bonds is 2. The third-order valence-corrected chi connectivity index (χ3v) is 3.24. The van der Waals surface area contributed by atoms with Gasteiger partial charge in [-0.1, -0.05) is 12.1 Å². The van der Waals surface area contributed by atoms with Gasteiger partial charge in [0.05, 0.1) is 5.56 Å². The van der Waals surface area contributed by atoms with Crippen LogP contribution in [0.2, 0.25) is 0 Å². The summed E-state index contributed by atoms with van der Waals surface area (Å²) in [5.41, 5.74) is 0.153. The van der Waals surface area contributed by atoms with E-state index < -0.39 is 5.82 Å². The number of piperidine rings is 1. The van der Waals surface area contributed by atoms with E-state index in [1.165, 1.54) is 12.1 Å². The molecule has 1 amide bonds. The zero-order chi connectivity index (χ0) is 12.3. The average molecular weight is 273 g/mol. The molecule has 1 aliphatic heterocycles. The predicted molar refractivity (Wildman–Crippen MR) is 71.6 cm³/mol. The van der Waals surface area contributed by atoms with E-state index in [0.29, 0.717) is 0 Å². The molecule has 1 aromatic rings. The van der Waals surface area contributed by atoms with Crippen LogP contribution in [0.4, 0.5) is 4.39 Å². The molecule has 0 aliphatic carbocycles. The molecule has 2 rings (SSSR count). The van der Waals surface area contributed by atoms with Gasteiger partial charge < -0.3 is 10.2 Å². The fourth-order valence-corrected chi connectivity index (χ4v) is 2.15. The molecule has 18 heavy (non-hydrogen) atoms. The van der Waals surface area contributed by atoms with Crippen molar-refractivity contribution in [1.82, 2.24) is 10.2 Å². The summed E-state index contributed by atoms with van der Waals surface area (Å²) < 4.78 is 13.5. The Morgan fingerprint density at radius 1 is 1.44 bits per heavy atom. The Morgan fingerprint density at radius 3 is 2.78 bits per heavy atom. The number of halogens is 2. The first-order valence-corrected chi connectivity index (χ1v) is 5.92. The van der Waals surface area contributed by atoms with Gasteiger partial charge in [0, 0.05) is 19.6 Å². The summed E-state index contributed by atoms with van der Waals surface area (Å²) in [6, 6.07) is 6.29. The number of nitrogens with one attached hydrogen (secondary N) is 1. The van der Waals surface area contributed by atoms with Crippen molar-refractivity contribution in [2.45, 2.75) is 18.9 Å². The van der Waals surface area contributed by atoms with Crippen LogP contribution in [0.25, 0.3) is 0 Å². The third-order valence-electron chi connectivity index (χ3n) is 3.24. The van der Waals surface area contributed by atoms with E-state index in [4.69, 9.17) is 0 Å². The number of carbonyl (C=O) groups is 1. The summed E-state index contributed by atoms with van der Waals surface area (Å²) in [4.78, 5) is 13.8. The van der Waals surface area contributed by atoms with Crippen LogP contribution in [0.3, 0.4) is 0 Å². The molecule has 5 heteroatoms. The second-order valence-corrected chi connectivity index (χ2v) is 4.40. The van der Waals surface area contributed by atoms with Crippen molar-refractivity contribution < 1.29 is 9.18 Å². The van der Waals surface area contributed by atoms with Gasteiger partial charge in [0.2, 0.25) is 0 Å². The van der Waals surface area contributed by atoms with E-state index in [-0.39, 0.29) is 29.9 Å². The average Bonchev–Trinajstić information content (AvgIpc) is 2.39. The highest BCUT2D eigenvalue weighted by Crippen LogP contribution is 2.14. The van der Waals surface area contributed by atoms with E-state index in [1.54, 1.807) is 24.1 Å². The third kappa shape index (κ3) is 3.21. The van der Waals surface area contributed by atoms with Gasteiger partial charge in [0.1, 0.15) is 5.82 Å². The van der Waals surface area contributed by atoms with E-state index in [9.17, 15) is 9.18 Å². The van der Waals surface area contributed by atoms with Crippen molar-refractivity contribution in [2.24, 2.45) is 0 Å². The molecule has 3 nitrogen and oxygen atoms in total. The van der Waals surface area contributed by atoms with Crippen molar-refractivity contribution in [1.29, 1.82) is 0 Å². The maximum atomic E-state index is 13.5. The molecule has 0 bridgehead atoms. The second kappa shape index (κ2) is 6.71. The molecule has 0 spiro atoms. The molecule has 0 unspecified atom stereocenters. The fourth-order valence-electron chi connectivity index (χ4n) is 2.15. The molecule has 100 valence electrons. The minimum absolute atomic E-state index is 0. The van der Waals surface area contributed by atoms with Crippen molar-refractivity contribution in [3.05, 3.63) is 35.6 Å². The minimum Gasteiger partial charge on any atom is -0.337 e. The smallest absolute Gasteiger partial charge is 0.256 e. The lowest BCUT2D eigenvalue weighted by molar-refractivity contribution is 0.0703. The van der Waals surface area contributed by atoms with Crippen molar-refractivity contribution in [3.63, 3.8) is 0 Å². The second-order valence-electron chi connectivity index (χ2n) is 4.40. The predicted octanol–water partition coefficient (Wildman–Crippen LogP) is 2.07. The quantitative estimate of drug-likeness (QED) is 0.894. The number of likely N-dealkylation sites (N-methyl/N-ethyl adjacent to an activating group) is 1. The molecule has 1 aromatic carbocycles. The monoisotopic (exact) mass is 272 g/mol. The highest BCUT2D eigenvalue weighted by atomic mass is 35.5. The maximum Gasteiger partial charge on any atom is 0.256 e. The van der Waals surface area contributed by atoms with Crippen LogP contribution in [0.1, 0.15) is 23.2 Å². The number of benzene rings is 1. The topological polar surface area (TPSA) is 32.3 Å². The zero-order valence-corrected chi connectivity index (χ0v) is 11.2. The van der Waals surface area contributed by atoms with Gasteiger partial charge in [0.15, 0.2) is 0 Å². The van der Waals surface area contributed by atoms with Crippen LogP contribution < -0.4 is 5.32 Å². The van der Waals surface area contributed by atoms with Gasteiger partial charge >= 0.3 is 0 Å². The largest absolute Gasteiger partial charge is 0.337 e. The first-order chi connectivity index (χ1) is 8.20. The molecule has 0 aromatic heterocycles. The standard InChI is InChI=1S/C13H17FN2O.ClH/c1-16(10-5-4-8-15-9-10)13(17)11-6-2-3-7-12(11)14;/h2-3,6-7,10,15H,4-5,8-9H2,1H3;1H/t10-;/m1./s1. The Bertz CT molecular complexity index is 408. The summed E-state index contributed by atoms with van der Waals surface area (Å²) in [5.74, 6) is -0.690. The molecule has 1 atom stereocenters. The first-order valence-electron chi connectivity index (χ1n) is 5.92. The maximum absolute atomic E-state index is 13.5. The van der Waals surface area contributed by atoms with Gasteiger partial charge in [-0.3, -0.25) is 4.79 Å². The summed E-state index contributed by atoms with van der Waals surface area (Å²) in [7, 11) is 1.74. The Hall–Kier alpha value is -1.13. The summed E-state index contributed by atoms with van der Waals surface area (Å²) in [6.07, 6.45) is 2.03. The van der Waals surface area contributed by atoms with Gasteiger partial charge in [-0.15, -0.1) is 12.4 Å². The molecule has 1 fully saturated rings. The number of hydrogen-bond acceptors (Lipinski definition) is 2. The van der Waals surface area contributed by atoms with Crippen molar-refractivity contribution >= 4 is 18.3 Å². The molecule has 0 saturated carbocycles. The summed E-state index contributed by atoms with van der Waals surface area (Å²) in [5, 5.41) is 3.25. The number of carbonyl (C=O) groups excluding carboxylic acids is 1. The molecule has 1 aliphatic rings. The SMILES string of the molecule is CN(C(=O)c1ccccc1F)[C@@H]1CCCNC1.Cl. The van der Waals surface area contributed by atoms with Crippen LogP contribution in [0, 0.1) is 5.82 Å². The number of amides is 1. The Kier molecular flexibility index (Phi) is 5.56. The van der Waals surface area contributed by atoms with Gasteiger partial charge in [0.25, 0.3) is 5.91 Å².